The molecular formula is C27H28N2O3. The lowest BCUT2D eigenvalue weighted by Crippen LogP contribution is -2.13. The highest BCUT2D eigenvalue weighted by Gasteiger charge is 2.14. The summed E-state index contributed by atoms with van der Waals surface area (Å²) >= 11 is 0. The molecule has 4 aromatic rings. The molecule has 0 bridgehead atoms. The number of nitrogens with zero attached hydrogens (tertiary/aromatic N) is 1. The summed E-state index contributed by atoms with van der Waals surface area (Å²) in [5, 5.41) is 3.01. The third-order valence-corrected chi connectivity index (χ3v) is 5.30. The highest BCUT2D eigenvalue weighted by Crippen LogP contribution is 2.30. The molecule has 0 spiro atoms. The summed E-state index contributed by atoms with van der Waals surface area (Å²) in [6.07, 6.45) is 0.0869. The van der Waals surface area contributed by atoms with E-state index >= 15 is 0 Å². The lowest BCUT2D eigenvalue weighted by Gasteiger charge is -2.11. The van der Waals surface area contributed by atoms with Gasteiger partial charge < -0.3 is 14.5 Å². The molecule has 1 N–H and O–H groups in total. The van der Waals surface area contributed by atoms with E-state index in [0.717, 1.165) is 33.7 Å². The van der Waals surface area contributed by atoms with Crippen LogP contribution in [0.2, 0.25) is 0 Å². The maximum Gasteiger partial charge on any atom is 0.255 e. The predicted octanol–water partition coefficient (Wildman–Crippen LogP) is 6.97. The molecule has 4 rings (SSSR count). The van der Waals surface area contributed by atoms with Crippen LogP contribution in [0.4, 0.5) is 5.69 Å². The predicted molar refractivity (Wildman–Crippen MR) is 128 cm³/mol. The topological polar surface area (TPSA) is 64.4 Å². The Labute approximate surface area is 188 Å². The first-order valence-corrected chi connectivity index (χ1v) is 10.9. The number of fused-ring (bicyclic) bond motifs is 1. The van der Waals surface area contributed by atoms with Crippen LogP contribution in [0.25, 0.3) is 22.6 Å². The number of carbonyl (C=O) groups excluding carboxylic acids is 1. The first-order chi connectivity index (χ1) is 15.3. The molecule has 1 amide bonds. The van der Waals surface area contributed by atoms with Crippen LogP contribution in [0.15, 0.2) is 65.1 Å². The molecule has 0 atom stereocenters. The van der Waals surface area contributed by atoms with Crippen molar-refractivity contribution in [3.05, 3.63) is 77.4 Å². The summed E-state index contributed by atoms with van der Waals surface area (Å²) in [5.41, 5.74) is 5.86. The number of ether oxygens (including phenoxy) is 1. The first kappa shape index (κ1) is 21.6. The van der Waals surface area contributed by atoms with Gasteiger partial charge in [0, 0.05) is 16.8 Å². The second-order valence-corrected chi connectivity index (χ2v) is 8.58. The minimum Gasteiger partial charge on any atom is -0.491 e. The van der Waals surface area contributed by atoms with Crippen molar-refractivity contribution >= 4 is 22.7 Å². The van der Waals surface area contributed by atoms with Gasteiger partial charge in [0.1, 0.15) is 11.3 Å². The van der Waals surface area contributed by atoms with Crippen LogP contribution in [-0.2, 0) is 0 Å². The number of rotatable bonds is 6. The van der Waals surface area contributed by atoms with Gasteiger partial charge in [-0.3, -0.25) is 4.79 Å². The third kappa shape index (κ3) is 4.67. The van der Waals surface area contributed by atoms with Crippen LogP contribution in [0.3, 0.4) is 0 Å². The molecule has 0 unspecified atom stereocenters. The SMILES string of the molecule is Cc1ccc(-c2nc3cc(C(C)C)ccc3o2)cc1NC(=O)c1ccc(OC(C)C)cc1. The lowest BCUT2D eigenvalue weighted by molar-refractivity contribution is 0.102. The number of carbonyl (C=O) groups is 1. The molecule has 0 aliphatic heterocycles. The number of nitrogens with one attached hydrogen (secondary N) is 1. The van der Waals surface area contributed by atoms with Gasteiger partial charge in [-0.25, -0.2) is 4.98 Å². The van der Waals surface area contributed by atoms with Crippen LogP contribution >= 0.6 is 0 Å². The number of hydrogen-bond acceptors (Lipinski definition) is 4. The molecule has 1 aromatic heterocycles. The molecule has 0 saturated heterocycles. The lowest BCUT2D eigenvalue weighted by atomic mass is 10.0. The van der Waals surface area contributed by atoms with Crippen molar-refractivity contribution in [2.75, 3.05) is 5.32 Å². The zero-order valence-corrected chi connectivity index (χ0v) is 19.1. The Bertz CT molecular complexity index is 1250. The van der Waals surface area contributed by atoms with Gasteiger partial charge in [-0.1, -0.05) is 26.0 Å². The van der Waals surface area contributed by atoms with Gasteiger partial charge in [0.15, 0.2) is 5.58 Å². The second kappa shape index (κ2) is 8.87. The van der Waals surface area contributed by atoms with E-state index < -0.39 is 0 Å². The Morgan fingerprint density at radius 2 is 1.72 bits per heavy atom. The van der Waals surface area contributed by atoms with Gasteiger partial charge in [0.2, 0.25) is 5.89 Å². The van der Waals surface area contributed by atoms with Crippen molar-refractivity contribution in [1.29, 1.82) is 0 Å². The molecule has 0 aliphatic carbocycles. The highest BCUT2D eigenvalue weighted by molar-refractivity contribution is 6.05. The van der Waals surface area contributed by atoms with Crippen molar-refractivity contribution in [2.24, 2.45) is 0 Å². The normalized spacial score (nSPS) is 11.3. The van der Waals surface area contributed by atoms with Crippen molar-refractivity contribution in [3.63, 3.8) is 0 Å². The molecule has 1 heterocycles. The van der Waals surface area contributed by atoms with E-state index in [1.807, 2.05) is 57.2 Å². The molecule has 164 valence electrons. The van der Waals surface area contributed by atoms with E-state index in [1.165, 1.54) is 5.56 Å². The van der Waals surface area contributed by atoms with Crippen LogP contribution in [0.5, 0.6) is 5.75 Å². The minimum atomic E-state index is -0.180. The van der Waals surface area contributed by atoms with Gasteiger partial charge in [0.25, 0.3) is 5.91 Å². The number of hydrogen-bond donors (Lipinski definition) is 1. The Balaban J connectivity index is 1.57. The number of amides is 1. The largest absolute Gasteiger partial charge is 0.491 e. The smallest absolute Gasteiger partial charge is 0.255 e. The van der Waals surface area contributed by atoms with Gasteiger partial charge in [-0.15, -0.1) is 0 Å². The van der Waals surface area contributed by atoms with E-state index in [2.05, 4.69) is 36.3 Å². The summed E-state index contributed by atoms with van der Waals surface area (Å²) in [4.78, 5) is 17.5. The van der Waals surface area contributed by atoms with Crippen LogP contribution in [0.1, 0.15) is 55.1 Å². The minimum absolute atomic E-state index is 0.0869. The van der Waals surface area contributed by atoms with E-state index in [9.17, 15) is 4.79 Å². The van der Waals surface area contributed by atoms with Crippen molar-refractivity contribution in [1.82, 2.24) is 4.98 Å². The molecule has 0 saturated carbocycles. The monoisotopic (exact) mass is 428 g/mol. The number of oxazole rings is 1. The van der Waals surface area contributed by atoms with Gasteiger partial charge in [-0.2, -0.15) is 0 Å². The van der Waals surface area contributed by atoms with Crippen LogP contribution in [0, 0.1) is 6.92 Å². The molecule has 5 nitrogen and oxygen atoms in total. The molecule has 0 radical (unpaired) electrons. The van der Waals surface area contributed by atoms with Crippen LogP contribution in [-0.4, -0.2) is 17.0 Å². The van der Waals surface area contributed by atoms with Gasteiger partial charge in [-0.05, 0) is 86.3 Å². The molecule has 32 heavy (non-hydrogen) atoms. The standard InChI is InChI=1S/C27H28N2O3/c1-16(2)20-10-13-25-24(14-20)29-27(32-25)21-7-6-18(5)23(15-21)28-26(30)19-8-11-22(12-9-19)31-17(3)4/h6-17H,1-5H3,(H,28,30). The number of anilines is 1. The van der Waals surface area contributed by atoms with Crippen molar-refractivity contribution < 1.29 is 13.9 Å². The third-order valence-electron chi connectivity index (χ3n) is 5.30. The Morgan fingerprint density at radius 1 is 0.969 bits per heavy atom. The second-order valence-electron chi connectivity index (χ2n) is 8.58. The van der Waals surface area contributed by atoms with E-state index in [1.54, 1.807) is 12.1 Å². The fourth-order valence-corrected chi connectivity index (χ4v) is 3.47. The molecule has 0 aliphatic rings. The number of aromatic nitrogens is 1. The fourth-order valence-electron chi connectivity index (χ4n) is 3.47. The quantitative estimate of drug-likeness (QED) is 0.360. The van der Waals surface area contributed by atoms with Gasteiger partial charge in [0.05, 0.1) is 6.10 Å². The molecule has 5 heteroatoms. The summed E-state index contributed by atoms with van der Waals surface area (Å²) in [5.74, 6) is 1.52. The summed E-state index contributed by atoms with van der Waals surface area (Å²) < 4.78 is 11.6. The van der Waals surface area contributed by atoms with E-state index in [0.29, 0.717) is 17.4 Å². The van der Waals surface area contributed by atoms with E-state index in [4.69, 9.17) is 9.15 Å². The maximum atomic E-state index is 12.8. The zero-order valence-electron chi connectivity index (χ0n) is 19.1. The van der Waals surface area contributed by atoms with Crippen molar-refractivity contribution in [2.45, 2.75) is 46.6 Å². The molecule has 0 fully saturated rings. The zero-order chi connectivity index (χ0) is 22.8. The average molecular weight is 429 g/mol. The summed E-state index contributed by atoms with van der Waals surface area (Å²) in [6.45, 7) is 10.2. The Kier molecular flexibility index (Phi) is 5.99. The molecular weight excluding hydrogens is 400 g/mol. The summed E-state index contributed by atoms with van der Waals surface area (Å²) in [6, 6.07) is 19.1. The van der Waals surface area contributed by atoms with Crippen LogP contribution < -0.4 is 10.1 Å². The summed E-state index contributed by atoms with van der Waals surface area (Å²) in [7, 11) is 0. The average Bonchev–Trinajstić information content (AvgIpc) is 3.18. The maximum absolute atomic E-state index is 12.8. The Morgan fingerprint density at radius 3 is 2.41 bits per heavy atom. The van der Waals surface area contributed by atoms with Gasteiger partial charge >= 0.3 is 0 Å². The number of aryl methyl sites for hydroxylation is 1. The molecule has 3 aromatic carbocycles. The highest BCUT2D eigenvalue weighted by atomic mass is 16.5. The fraction of sp³-hybridized carbons (Fsp3) is 0.259. The van der Waals surface area contributed by atoms with Crippen molar-refractivity contribution in [3.8, 4) is 17.2 Å². The first-order valence-electron chi connectivity index (χ1n) is 10.9. The van der Waals surface area contributed by atoms with E-state index in [-0.39, 0.29) is 12.0 Å². The number of benzene rings is 3. The Hall–Kier alpha value is -3.60.